The van der Waals surface area contributed by atoms with Gasteiger partial charge < -0.3 is 10.3 Å². The summed E-state index contributed by atoms with van der Waals surface area (Å²) in [7, 11) is 1.79. The molecule has 1 heterocycles. The van der Waals surface area contributed by atoms with Gasteiger partial charge in [-0.05, 0) is 38.1 Å². The Balaban J connectivity index is 1.88. The van der Waals surface area contributed by atoms with Crippen LogP contribution in [0.5, 0.6) is 0 Å². The number of nitrogens with zero attached hydrogens (tertiary/aromatic N) is 1. The van der Waals surface area contributed by atoms with Gasteiger partial charge in [0.15, 0.2) is 5.78 Å². The van der Waals surface area contributed by atoms with Crippen LogP contribution >= 0.6 is 0 Å². The molecule has 1 aromatic heterocycles. The number of carbonyl (C=O) groups is 1. The SMILES string of the molecule is CNCC(=O)c1ccc2nc(C3CCCCC3)[nH]c2c1. The zero-order valence-electron chi connectivity index (χ0n) is 11.9. The highest BCUT2D eigenvalue weighted by Crippen LogP contribution is 2.32. The van der Waals surface area contributed by atoms with Crippen LogP contribution in [-0.2, 0) is 0 Å². The minimum Gasteiger partial charge on any atom is -0.342 e. The van der Waals surface area contributed by atoms with E-state index in [9.17, 15) is 4.79 Å². The number of imidazole rings is 1. The summed E-state index contributed by atoms with van der Waals surface area (Å²) in [5, 5.41) is 2.90. The van der Waals surface area contributed by atoms with Crippen molar-refractivity contribution in [3.05, 3.63) is 29.6 Å². The van der Waals surface area contributed by atoms with Crippen LogP contribution in [0, 0.1) is 0 Å². The van der Waals surface area contributed by atoms with E-state index in [2.05, 4.69) is 10.3 Å². The fraction of sp³-hybridized carbons (Fsp3) is 0.500. The van der Waals surface area contributed by atoms with Gasteiger partial charge in [-0.15, -0.1) is 0 Å². The third-order valence-corrected chi connectivity index (χ3v) is 4.15. The Morgan fingerprint density at radius 1 is 1.35 bits per heavy atom. The number of fused-ring (bicyclic) bond motifs is 1. The monoisotopic (exact) mass is 271 g/mol. The smallest absolute Gasteiger partial charge is 0.176 e. The van der Waals surface area contributed by atoms with Crippen LogP contribution in [0.3, 0.4) is 0 Å². The van der Waals surface area contributed by atoms with E-state index in [0.29, 0.717) is 12.5 Å². The number of aromatic amines is 1. The number of hydrogen-bond acceptors (Lipinski definition) is 3. The van der Waals surface area contributed by atoms with Crippen molar-refractivity contribution >= 4 is 16.8 Å². The zero-order chi connectivity index (χ0) is 13.9. The fourth-order valence-corrected chi connectivity index (χ4v) is 3.03. The Morgan fingerprint density at radius 2 is 2.15 bits per heavy atom. The van der Waals surface area contributed by atoms with Crippen LogP contribution in [0.25, 0.3) is 11.0 Å². The molecule has 0 bridgehead atoms. The lowest BCUT2D eigenvalue weighted by molar-refractivity contribution is 0.0993. The van der Waals surface area contributed by atoms with Gasteiger partial charge in [-0.3, -0.25) is 4.79 Å². The van der Waals surface area contributed by atoms with E-state index in [1.54, 1.807) is 7.05 Å². The predicted octanol–water partition coefficient (Wildman–Crippen LogP) is 3.01. The molecule has 4 nitrogen and oxygen atoms in total. The van der Waals surface area contributed by atoms with Crippen molar-refractivity contribution in [2.75, 3.05) is 13.6 Å². The van der Waals surface area contributed by atoms with Crippen molar-refractivity contribution in [1.29, 1.82) is 0 Å². The third kappa shape index (κ3) is 2.61. The molecule has 106 valence electrons. The number of hydrogen-bond donors (Lipinski definition) is 2. The van der Waals surface area contributed by atoms with E-state index in [-0.39, 0.29) is 5.78 Å². The van der Waals surface area contributed by atoms with Gasteiger partial charge in [0.2, 0.25) is 0 Å². The first-order chi connectivity index (χ1) is 9.78. The van der Waals surface area contributed by atoms with Crippen molar-refractivity contribution in [2.45, 2.75) is 38.0 Å². The fourth-order valence-electron chi connectivity index (χ4n) is 3.03. The highest BCUT2D eigenvalue weighted by Gasteiger charge is 2.19. The standard InChI is InChI=1S/C16H21N3O/c1-17-10-15(20)12-7-8-13-14(9-12)19-16(18-13)11-5-3-2-4-6-11/h7-9,11,17H,2-6,10H2,1H3,(H,18,19). The molecule has 20 heavy (non-hydrogen) atoms. The first-order valence-corrected chi connectivity index (χ1v) is 7.45. The number of likely N-dealkylation sites (N-methyl/N-ethyl adjacent to an activating group) is 1. The molecule has 0 spiro atoms. The van der Waals surface area contributed by atoms with E-state index in [0.717, 1.165) is 22.4 Å². The number of rotatable bonds is 4. The maximum absolute atomic E-state index is 11.9. The molecular weight excluding hydrogens is 250 g/mol. The molecule has 0 saturated heterocycles. The molecule has 3 rings (SSSR count). The lowest BCUT2D eigenvalue weighted by Crippen LogP contribution is -2.18. The molecular formula is C16H21N3O. The normalized spacial score (nSPS) is 16.6. The van der Waals surface area contributed by atoms with Gasteiger partial charge in [0.25, 0.3) is 0 Å². The van der Waals surface area contributed by atoms with E-state index >= 15 is 0 Å². The van der Waals surface area contributed by atoms with Crippen LogP contribution in [0.15, 0.2) is 18.2 Å². The van der Waals surface area contributed by atoms with Crippen molar-refractivity contribution in [3.8, 4) is 0 Å². The van der Waals surface area contributed by atoms with Gasteiger partial charge in [0.05, 0.1) is 17.6 Å². The second kappa shape index (κ2) is 5.75. The number of benzene rings is 1. The van der Waals surface area contributed by atoms with E-state index < -0.39 is 0 Å². The summed E-state index contributed by atoms with van der Waals surface area (Å²) in [5.41, 5.74) is 2.69. The van der Waals surface area contributed by atoms with Crippen LogP contribution in [-0.4, -0.2) is 29.3 Å². The molecule has 0 amide bonds. The number of ketones is 1. The highest BCUT2D eigenvalue weighted by molar-refractivity contribution is 6.00. The maximum atomic E-state index is 11.9. The lowest BCUT2D eigenvalue weighted by atomic mass is 9.89. The Bertz CT molecular complexity index is 611. The largest absolute Gasteiger partial charge is 0.342 e. The predicted molar refractivity (Wildman–Crippen MR) is 80.2 cm³/mol. The van der Waals surface area contributed by atoms with Gasteiger partial charge in [-0.25, -0.2) is 4.98 Å². The molecule has 0 aliphatic heterocycles. The average Bonchev–Trinajstić information content (AvgIpc) is 2.91. The lowest BCUT2D eigenvalue weighted by Gasteiger charge is -2.18. The molecule has 2 aromatic rings. The highest BCUT2D eigenvalue weighted by atomic mass is 16.1. The molecule has 4 heteroatoms. The molecule has 1 saturated carbocycles. The second-order valence-electron chi connectivity index (χ2n) is 5.64. The number of Topliss-reactive ketones (excluding diaryl/α,β-unsaturated/α-hetero) is 1. The van der Waals surface area contributed by atoms with Crippen molar-refractivity contribution in [1.82, 2.24) is 15.3 Å². The topological polar surface area (TPSA) is 57.8 Å². The molecule has 1 aliphatic rings. The zero-order valence-corrected chi connectivity index (χ0v) is 11.9. The van der Waals surface area contributed by atoms with Gasteiger partial charge in [0, 0.05) is 11.5 Å². The van der Waals surface area contributed by atoms with Gasteiger partial charge in [-0.2, -0.15) is 0 Å². The first-order valence-electron chi connectivity index (χ1n) is 7.45. The Kier molecular flexibility index (Phi) is 3.83. The summed E-state index contributed by atoms with van der Waals surface area (Å²) >= 11 is 0. The first kappa shape index (κ1) is 13.3. The van der Waals surface area contributed by atoms with Crippen molar-refractivity contribution in [3.63, 3.8) is 0 Å². The summed E-state index contributed by atoms with van der Waals surface area (Å²) in [5.74, 6) is 1.77. The molecule has 0 unspecified atom stereocenters. The van der Waals surface area contributed by atoms with Crippen molar-refractivity contribution in [2.24, 2.45) is 0 Å². The maximum Gasteiger partial charge on any atom is 0.176 e. The number of H-pyrrole nitrogens is 1. The summed E-state index contributed by atoms with van der Waals surface area (Å²) < 4.78 is 0. The van der Waals surface area contributed by atoms with E-state index in [1.807, 2.05) is 18.2 Å². The number of nitrogens with one attached hydrogen (secondary N) is 2. The average molecular weight is 271 g/mol. The summed E-state index contributed by atoms with van der Waals surface area (Å²) in [6, 6.07) is 5.74. The summed E-state index contributed by atoms with van der Waals surface area (Å²) in [4.78, 5) is 20.0. The Labute approximate surface area is 119 Å². The molecule has 0 radical (unpaired) electrons. The quantitative estimate of drug-likeness (QED) is 0.840. The summed E-state index contributed by atoms with van der Waals surface area (Å²) in [6.45, 7) is 0.370. The summed E-state index contributed by atoms with van der Waals surface area (Å²) in [6.07, 6.45) is 6.40. The minimum atomic E-state index is 0.114. The van der Waals surface area contributed by atoms with Crippen LogP contribution < -0.4 is 5.32 Å². The minimum absolute atomic E-state index is 0.114. The van der Waals surface area contributed by atoms with Crippen molar-refractivity contribution < 1.29 is 4.79 Å². The Hall–Kier alpha value is -1.68. The van der Waals surface area contributed by atoms with Gasteiger partial charge in [0.1, 0.15) is 5.82 Å². The molecule has 1 aromatic carbocycles. The molecule has 0 atom stereocenters. The van der Waals surface area contributed by atoms with Crippen LogP contribution in [0.1, 0.15) is 54.2 Å². The third-order valence-electron chi connectivity index (χ3n) is 4.15. The Morgan fingerprint density at radius 3 is 2.90 bits per heavy atom. The number of carbonyl (C=O) groups excluding carboxylic acids is 1. The number of aromatic nitrogens is 2. The van der Waals surface area contributed by atoms with Gasteiger partial charge in [-0.1, -0.05) is 19.3 Å². The van der Waals surface area contributed by atoms with E-state index in [1.165, 1.54) is 32.1 Å². The van der Waals surface area contributed by atoms with Crippen LogP contribution in [0.2, 0.25) is 0 Å². The van der Waals surface area contributed by atoms with Gasteiger partial charge >= 0.3 is 0 Å². The molecule has 2 N–H and O–H groups in total. The molecule has 1 fully saturated rings. The van der Waals surface area contributed by atoms with Crippen LogP contribution in [0.4, 0.5) is 0 Å². The van der Waals surface area contributed by atoms with E-state index in [4.69, 9.17) is 4.98 Å². The molecule has 1 aliphatic carbocycles. The second-order valence-corrected chi connectivity index (χ2v) is 5.64.